The van der Waals surface area contributed by atoms with Gasteiger partial charge in [-0.15, -0.1) is 0 Å². The maximum atomic E-state index is 13.6. The van der Waals surface area contributed by atoms with Crippen molar-refractivity contribution >= 4 is 11.4 Å². The van der Waals surface area contributed by atoms with Crippen molar-refractivity contribution in [3.05, 3.63) is 47.3 Å². The topological polar surface area (TPSA) is 55.7 Å². The van der Waals surface area contributed by atoms with Crippen LogP contribution in [0.5, 0.6) is 11.5 Å². The first-order valence-corrected chi connectivity index (χ1v) is 10.7. The maximum absolute atomic E-state index is 13.6. The average Bonchev–Trinajstić information content (AvgIpc) is 2.69. The summed E-state index contributed by atoms with van der Waals surface area (Å²) in [6.45, 7) is 3.56. The van der Waals surface area contributed by atoms with Gasteiger partial charge in [0.05, 0.1) is 11.4 Å². The van der Waals surface area contributed by atoms with Crippen molar-refractivity contribution in [1.29, 1.82) is 0 Å². The third kappa shape index (κ3) is 2.59. The molecule has 2 aromatic carbocycles. The zero-order valence-electron chi connectivity index (χ0n) is 17.1. The Balaban J connectivity index is 1.61. The molecular weight excluding hydrogens is 367 g/mol. The van der Waals surface area contributed by atoms with Gasteiger partial charge in [0.15, 0.2) is 0 Å². The lowest BCUT2D eigenvalue weighted by Gasteiger charge is -2.65. The molecule has 0 spiro atoms. The number of likely N-dealkylation sites (tertiary alicyclic amines) is 1. The van der Waals surface area contributed by atoms with Crippen molar-refractivity contribution in [2.75, 3.05) is 18.9 Å². The van der Waals surface area contributed by atoms with Crippen LogP contribution in [0.2, 0.25) is 0 Å². The van der Waals surface area contributed by atoms with E-state index in [0.717, 1.165) is 19.4 Å². The van der Waals surface area contributed by atoms with Gasteiger partial charge in [0.1, 0.15) is 17.3 Å². The largest absolute Gasteiger partial charge is 0.506 e. The number of piperidine rings is 1. The summed E-state index contributed by atoms with van der Waals surface area (Å²) in [5, 5.41) is 24.0. The highest BCUT2D eigenvalue weighted by atomic mass is 19.1. The molecule has 2 fully saturated rings. The molecule has 1 saturated carbocycles. The molecule has 2 bridgehead atoms. The first-order chi connectivity index (χ1) is 13.8. The van der Waals surface area contributed by atoms with Crippen molar-refractivity contribution in [3.63, 3.8) is 0 Å². The number of nitrogens with one attached hydrogen (secondary N) is 1. The Morgan fingerprint density at radius 2 is 1.79 bits per heavy atom. The van der Waals surface area contributed by atoms with Crippen LogP contribution in [0.3, 0.4) is 0 Å². The van der Waals surface area contributed by atoms with Gasteiger partial charge < -0.3 is 20.4 Å². The average molecular weight is 397 g/mol. The second kappa shape index (κ2) is 6.36. The van der Waals surface area contributed by atoms with Crippen molar-refractivity contribution in [2.24, 2.45) is 5.41 Å². The molecule has 3 N–H and O–H groups in total. The highest BCUT2D eigenvalue weighted by Crippen LogP contribution is 2.63. The highest BCUT2D eigenvalue weighted by Gasteiger charge is 2.60. The van der Waals surface area contributed by atoms with E-state index in [0.29, 0.717) is 11.7 Å². The summed E-state index contributed by atoms with van der Waals surface area (Å²) in [6, 6.07) is 8.22. The SMILES string of the molecule is CN1CC[C@@]23CCCC[C@]2(C)[C@@H]1Cc1cc(Nc2cc(F)ccc2O)c(O)cc13. The molecule has 154 valence electrons. The molecule has 1 saturated heterocycles. The third-order valence-corrected chi connectivity index (χ3v) is 8.18. The molecule has 2 aliphatic carbocycles. The van der Waals surface area contributed by atoms with Crippen LogP contribution in [0.4, 0.5) is 15.8 Å². The molecular formula is C24H29FN2O2. The molecule has 1 aliphatic heterocycles. The summed E-state index contributed by atoms with van der Waals surface area (Å²) in [5.74, 6) is -0.318. The van der Waals surface area contributed by atoms with Gasteiger partial charge in [-0.1, -0.05) is 19.8 Å². The summed E-state index contributed by atoms with van der Waals surface area (Å²) in [5.41, 5.74) is 3.68. The fraction of sp³-hybridized carbons (Fsp3) is 0.500. The number of halogens is 1. The number of aromatic hydroxyl groups is 2. The fourth-order valence-electron chi connectivity index (χ4n) is 6.62. The molecule has 0 aromatic heterocycles. The van der Waals surface area contributed by atoms with Crippen LogP contribution in [0, 0.1) is 11.2 Å². The lowest BCUT2D eigenvalue weighted by molar-refractivity contribution is -0.0735. The second-order valence-corrected chi connectivity index (χ2v) is 9.47. The van der Waals surface area contributed by atoms with Crippen LogP contribution in [-0.2, 0) is 11.8 Å². The molecule has 0 unspecified atom stereocenters. The minimum absolute atomic E-state index is 0.0430. The number of hydrogen-bond acceptors (Lipinski definition) is 4. The highest BCUT2D eigenvalue weighted by molar-refractivity contribution is 5.72. The third-order valence-electron chi connectivity index (χ3n) is 8.18. The molecule has 0 amide bonds. The summed E-state index contributed by atoms with van der Waals surface area (Å²) in [7, 11) is 2.24. The van der Waals surface area contributed by atoms with Gasteiger partial charge >= 0.3 is 0 Å². The van der Waals surface area contributed by atoms with Gasteiger partial charge in [-0.2, -0.15) is 0 Å². The molecule has 29 heavy (non-hydrogen) atoms. The molecule has 0 radical (unpaired) electrons. The first kappa shape index (κ1) is 18.7. The minimum Gasteiger partial charge on any atom is -0.506 e. The van der Waals surface area contributed by atoms with E-state index in [1.165, 1.54) is 55.0 Å². The van der Waals surface area contributed by atoms with E-state index in [4.69, 9.17) is 0 Å². The van der Waals surface area contributed by atoms with Gasteiger partial charge in [-0.3, -0.25) is 0 Å². The number of benzene rings is 2. The zero-order chi connectivity index (χ0) is 20.4. The Kier molecular flexibility index (Phi) is 4.11. The zero-order valence-corrected chi connectivity index (χ0v) is 17.1. The number of phenols is 2. The predicted molar refractivity (Wildman–Crippen MR) is 112 cm³/mol. The van der Waals surface area contributed by atoms with Gasteiger partial charge in [0, 0.05) is 17.5 Å². The van der Waals surface area contributed by atoms with Crippen LogP contribution < -0.4 is 5.32 Å². The van der Waals surface area contributed by atoms with Crippen LogP contribution in [0.15, 0.2) is 30.3 Å². The van der Waals surface area contributed by atoms with Crippen molar-refractivity contribution < 1.29 is 14.6 Å². The number of likely N-dealkylation sites (N-methyl/N-ethyl adjacent to an activating group) is 1. The Bertz CT molecular complexity index is 978. The quantitative estimate of drug-likeness (QED) is 0.621. The number of hydrogen-bond donors (Lipinski definition) is 3. The van der Waals surface area contributed by atoms with Crippen LogP contribution >= 0.6 is 0 Å². The summed E-state index contributed by atoms with van der Waals surface area (Å²) in [6.07, 6.45) is 7.01. The second-order valence-electron chi connectivity index (χ2n) is 9.47. The van der Waals surface area contributed by atoms with E-state index in [9.17, 15) is 14.6 Å². The van der Waals surface area contributed by atoms with E-state index in [-0.39, 0.29) is 28.0 Å². The van der Waals surface area contributed by atoms with E-state index >= 15 is 0 Å². The number of fused-ring (bicyclic) bond motifs is 1. The summed E-state index contributed by atoms with van der Waals surface area (Å²) in [4.78, 5) is 2.52. The van der Waals surface area contributed by atoms with E-state index in [2.05, 4.69) is 24.2 Å². The Morgan fingerprint density at radius 3 is 2.62 bits per heavy atom. The van der Waals surface area contributed by atoms with Crippen molar-refractivity contribution in [3.8, 4) is 11.5 Å². The number of anilines is 2. The predicted octanol–water partition coefficient (Wildman–Crippen LogP) is 5.06. The number of phenolic OH excluding ortho intramolecular Hbond substituents is 2. The van der Waals surface area contributed by atoms with E-state index in [1.807, 2.05) is 12.1 Å². The molecule has 5 rings (SSSR count). The molecule has 3 atom stereocenters. The summed E-state index contributed by atoms with van der Waals surface area (Å²) >= 11 is 0. The van der Waals surface area contributed by atoms with Crippen molar-refractivity contribution in [1.82, 2.24) is 4.90 Å². The molecule has 5 heteroatoms. The van der Waals surface area contributed by atoms with Crippen LogP contribution in [0.1, 0.15) is 50.2 Å². The Hall–Kier alpha value is -2.27. The minimum atomic E-state index is -0.434. The number of rotatable bonds is 2. The molecule has 1 heterocycles. The monoisotopic (exact) mass is 396 g/mol. The van der Waals surface area contributed by atoms with E-state index in [1.54, 1.807) is 0 Å². The molecule has 4 nitrogen and oxygen atoms in total. The Labute approximate surface area is 171 Å². The van der Waals surface area contributed by atoms with Crippen LogP contribution in [-0.4, -0.2) is 34.7 Å². The van der Waals surface area contributed by atoms with Crippen LogP contribution in [0.25, 0.3) is 0 Å². The van der Waals surface area contributed by atoms with Gasteiger partial charge in [0.25, 0.3) is 0 Å². The van der Waals surface area contributed by atoms with E-state index < -0.39 is 5.82 Å². The van der Waals surface area contributed by atoms with Gasteiger partial charge in [-0.25, -0.2) is 4.39 Å². The van der Waals surface area contributed by atoms with Gasteiger partial charge in [-0.05, 0) is 80.1 Å². The lowest BCUT2D eigenvalue weighted by Crippen LogP contribution is -2.66. The smallest absolute Gasteiger partial charge is 0.139 e. The summed E-state index contributed by atoms with van der Waals surface area (Å²) < 4.78 is 13.6. The lowest BCUT2D eigenvalue weighted by atomic mass is 9.45. The fourth-order valence-corrected chi connectivity index (χ4v) is 6.62. The standard InChI is InChI=1S/C24H29FN2O2/c1-23-7-3-4-8-24(23)9-10-27(2)22(23)12-15-11-18(21(29)14-17(15)24)26-19-13-16(25)5-6-20(19)28/h5-6,11,13-14,22,26,28-29H,3-4,7-10,12H2,1-2H3/t22-,23+,24+/m0/s1. The maximum Gasteiger partial charge on any atom is 0.139 e. The first-order valence-electron chi connectivity index (χ1n) is 10.7. The van der Waals surface area contributed by atoms with Gasteiger partial charge in [0.2, 0.25) is 0 Å². The Morgan fingerprint density at radius 1 is 1.03 bits per heavy atom. The number of nitrogens with zero attached hydrogens (tertiary/aromatic N) is 1. The molecule has 3 aliphatic rings. The van der Waals surface area contributed by atoms with Crippen molar-refractivity contribution in [2.45, 2.75) is 56.9 Å². The molecule has 2 aromatic rings. The normalized spacial score (nSPS) is 31.1.